The van der Waals surface area contributed by atoms with Crippen molar-refractivity contribution in [3.05, 3.63) is 11.5 Å². The summed E-state index contributed by atoms with van der Waals surface area (Å²) in [7, 11) is 0. The zero-order valence-electron chi connectivity index (χ0n) is 9.72. The van der Waals surface area contributed by atoms with E-state index in [1.54, 1.807) is 0 Å². The highest BCUT2D eigenvalue weighted by Gasteiger charge is 2.22. The van der Waals surface area contributed by atoms with E-state index in [0.29, 0.717) is 6.61 Å². The van der Waals surface area contributed by atoms with Crippen molar-refractivity contribution in [2.75, 3.05) is 6.61 Å². The largest absolute Gasteiger partial charge is 0.465 e. The molecule has 82 valence electrons. The van der Waals surface area contributed by atoms with E-state index in [9.17, 15) is 4.79 Å². The minimum Gasteiger partial charge on any atom is -0.465 e. The number of ether oxygens (including phenoxy) is 1. The molecule has 1 unspecified atom stereocenters. The van der Waals surface area contributed by atoms with Gasteiger partial charge in [0.15, 0.2) is 0 Å². The monoisotopic (exact) mass is 216 g/mol. The Labute approximate surface area is 91.1 Å². The zero-order chi connectivity index (χ0) is 11.4. The third-order valence-electron chi connectivity index (χ3n) is 1.77. The third kappa shape index (κ3) is 4.70. The molecule has 0 aliphatic heterocycles. The van der Waals surface area contributed by atoms with E-state index in [-0.39, 0.29) is 16.6 Å². The number of rotatable bonds is 4. The number of carbonyl (C=O) groups is 1. The molecule has 0 amide bonds. The summed E-state index contributed by atoms with van der Waals surface area (Å²) in [6.45, 7) is 14.3. The number of hydrogen-bond acceptors (Lipinski definition) is 3. The predicted molar refractivity (Wildman–Crippen MR) is 62.3 cm³/mol. The van der Waals surface area contributed by atoms with Crippen LogP contribution in [0.2, 0.25) is 0 Å². The second kappa shape index (κ2) is 5.44. The molecule has 0 fully saturated rings. The lowest BCUT2D eigenvalue weighted by atomic mass is 9.97. The normalized spacial score (nSPS) is 13.5. The summed E-state index contributed by atoms with van der Waals surface area (Å²) >= 11 is 1.49. The SMILES string of the molecule is C=C(SC(C)C(=O)OCC)C(C)(C)C. The van der Waals surface area contributed by atoms with E-state index in [1.807, 2.05) is 13.8 Å². The highest BCUT2D eigenvalue weighted by Crippen LogP contribution is 2.35. The Morgan fingerprint density at radius 3 is 2.36 bits per heavy atom. The van der Waals surface area contributed by atoms with Gasteiger partial charge in [0.25, 0.3) is 0 Å². The van der Waals surface area contributed by atoms with Crippen molar-refractivity contribution in [2.45, 2.75) is 39.9 Å². The van der Waals surface area contributed by atoms with Gasteiger partial charge in [-0.25, -0.2) is 0 Å². The van der Waals surface area contributed by atoms with Gasteiger partial charge in [-0.05, 0) is 24.2 Å². The Bertz CT molecular complexity index is 216. The van der Waals surface area contributed by atoms with Gasteiger partial charge in [0.05, 0.1) is 6.61 Å². The van der Waals surface area contributed by atoms with Gasteiger partial charge in [-0.2, -0.15) is 0 Å². The molecule has 3 heteroatoms. The van der Waals surface area contributed by atoms with E-state index < -0.39 is 0 Å². The average molecular weight is 216 g/mol. The lowest BCUT2D eigenvalue weighted by molar-refractivity contribution is -0.142. The van der Waals surface area contributed by atoms with Crippen LogP contribution in [0.1, 0.15) is 34.6 Å². The molecule has 0 aromatic rings. The van der Waals surface area contributed by atoms with Crippen LogP contribution in [-0.4, -0.2) is 17.8 Å². The third-order valence-corrected chi connectivity index (χ3v) is 3.22. The number of carbonyl (C=O) groups excluding carboxylic acids is 1. The minimum atomic E-state index is -0.165. The Hall–Kier alpha value is -0.440. The molecule has 0 saturated heterocycles. The first-order chi connectivity index (χ1) is 6.29. The van der Waals surface area contributed by atoms with Gasteiger partial charge in [-0.15, -0.1) is 11.8 Å². The molecule has 14 heavy (non-hydrogen) atoms. The Morgan fingerprint density at radius 1 is 1.50 bits per heavy atom. The van der Waals surface area contributed by atoms with Crippen LogP contribution in [-0.2, 0) is 9.53 Å². The molecule has 0 heterocycles. The van der Waals surface area contributed by atoms with Crippen molar-refractivity contribution in [1.29, 1.82) is 0 Å². The van der Waals surface area contributed by atoms with E-state index >= 15 is 0 Å². The first-order valence-corrected chi connectivity index (χ1v) is 5.69. The van der Waals surface area contributed by atoms with Crippen LogP contribution in [0.15, 0.2) is 11.5 Å². The van der Waals surface area contributed by atoms with Crippen molar-refractivity contribution in [1.82, 2.24) is 0 Å². The summed E-state index contributed by atoms with van der Waals surface area (Å²) in [5, 5.41) is -0.165. The van der Waals surface area contributed by atoms with E-state index in [1.165, 1.54) is 11.8 Å². The lowest BCUT2D eigenvalue weighted by Gasteiger charge is -2.23. The summed E-state index contributed by atoms with van der Waals surface area (Å²) in [4.78, 5) is 12.3. The summed E-state index contributed by atoms with van der Waals surface area (Å²) in [5.41, 5.74) is 0.0332. The average Bonchev–Trinajstić information content (AvgIpc) is 2.02. The summed E-state index contributed by atoms with van der Waals surface area (Å²) in [6.07, 6.45) is 0. The van der Waals surface area contributed by atoms with E-state index in [2.05, 4.69) is 27.4 Å². The molecule has 0 aliphatic rings. The molecular formula is C11H20O2S. The number of thioether (sulfide) groups is 1. The fourth-order valence-electron chi connectivity index (χ4n) is 0.698. The summed E-state index contributed by atoms with van der Waals surface area (Å²) in [5.74, 6) is -0.164. The van der Waals surface area contributed by atoms with Gasteiger partial charge < -0.3 is 4.74 Å². The molecular weight excluding hydrogens is 196 g/mol. The maximum absolute atomic E-state index is 11.3. The van der Waals surface area contributed by atoms with Crippen molar-refractivity contribution < 1.29 is 9.53 Å². The minimum absolute atomic E-state index is 0.0332. The lowest BCUT2D eigenvalue weighted by Crippen LogP contribution is -2.19. The van der Waals surface area contributed by atoms with Gasteiger partial charge in [-0.3, -0.25) is 4.79 Å². The van der Waals surface area contributed by atoms with Gasteiger partial charge in [0, 0.05) is 0 Å². The molecule has 0 bridgehead atoms. The maximum atomic E-state index is 11.3. The van der Waals surface area contributed by atoms with Crippen LogP contribution < -0.4 is 0 Å². The fourth-order valence-corrected chi connectivity index (χ4v) is 1.64. The quantitative estimate of drug-likeness (QED) is 0.675. The molecule has 1 atom stereocenters. The van der Waals surface area contributed by atoms with Crippen LogP contribution in [0.25, 0.3) is 0 Å². The highest BCUT2D eigenvalue weighted by molar-refractivity contribution is 8.04. The van der Waals surface area contributed by atoms with Crippen LogP contribution in [0.3, 0.4) is 0 Å². The molecule has 0 saturated carbocycles. The zero-order valence-corrected chi connectivity index (χ0v) is 10.5. The van der Waals surface area contributed by atoms with Gasteiger partial charge in [0.2, 0.25) is 0 Å². The molecule has 0 aromatic carbocycles. The highest BCUT2D eigenvalue weighted by atomic mass is 32.2. The summed E-state index contributed by atoms with van der Waals surface area (Å²) < 4.78 is 4.92. The smallest absolute Gasteiger partial charge is 0.319 e. The Balaban J connectivity index is 4.13. The standard InChI is InChI=1S/C11H20O2S/c1-7-13-10(12)8(2)14-9(3)11(4,5)6/h8H,3,7H2,1-2,4-6H3. The van der Waals surface area contributed by atoms with Gasteiger partial charge >= 0.3 is 5.97 Å². The van der Waals surface area contributed by atoms with E-state index in [4.69, 9.17) is 4.74 Å². The van der Waals surface area contributed by atoms with Crippen LogP contribution in [0.4, 0.5) is 0 Å². The van der Waals surface area contributed by atoms with Crippen molar-refractivity contribution in [3.63, 3.8) is 0 Å². The molecule has 0 rings (SSSR count). The number of esters is 1. The van der Waals surface area contributed by atoms with Crippen LogP contribution in [0.5, 0.6) is 0 Å². The van der Waals surface area contributed by atoms with Crippen LogP contribution in [0, 0.1) is 5.41 Å². The topological polar surface area (TPSA) is 26.3 Å². The first kappa shape index (κ1) is 13.6. The second-order valence-corrected chi connectivity index (χ2v) is 5.62. The first-order valence-electron chi connectivity index (χ1n) is 4.81. The Morgan fingerprint density at radius 2 is 2.00 bits per heavy atom. The van der Waals surface area contributed by atoms with Crippen molar-refractivity contribution in [3.8, 4) is 0 Å². The molecule has 0 spiro atoms. The summed E-state index contributed by atoms with van der Waals surface area (Å²) in [6, 6.07) is 0. The number of allylic oxidation sites excluding steroid dienone is 1. The van der Waals surface area contributed by atoms with Crippen LogP contribution >= 0.6 is 11.8 Å². The molecule has 0 aliphatic carbocycles. The molecule has 0 N–H and O–H groups in total. The van der Waals surface area contributed by atoms with E-state index in [0.717, 1.165) is 4.91 Å². The molecule has 2 nitrogen and oxygen atoms in total. The van der Waals surface area contributed by atoms with Crippen molar-refractivity contribution in [2.24, 2.45) is 5.41 Å². The maximum Gasteiger partial charge on any atom is 0.319 e. The Kier molecular flexibility index (Phi) is 5.27. The fraction of sp³-hybridized carbons (Fsp3) is 0.727. The predicted octanol–water partition coefficient (Wildman–Crippen LogP) is 3.23. The molecule has 0 radical (unpaired) electrons. The van der Waals surface area contributed by atoms with Gasteiger partial charge in [0.1, 0.15) is 5.25 Å². The molecule has 0 aromatic heterocycles. The number of hydrogen-bond donors (Lipinski definition) is 0. The second-order valence-electron chi connectivity index (χ2n) is 4.19. The van der Waals surface area contributed by atoms with Crippen molar-refractivity contribution >= 4 is 17.7 Å². The van der Waals surface area contributed by atoms with Gasteiger partial charge in [-0.1, -0.05) is 27.4 Å².